The van der Waals surface area contributed by atoms with Gasteiger partial charge in [0.1, 0.15) is 5.82 Å². The largest absolute Gasteiger partial charge is 0.352 e. The summed E-state index contributed by atoms with van der Waals surface area (Å²) in [5, 5.41) is 7.43. The number of nitrogens with zero attached hydrogens (tertiary/aromatic N) is 3. The minimum absolute atomic E-state index is 0.282. The van der Waals surface area contributed by atoms with Crippen molar-refractivity contribution in [2.75, 3.05) is 10.6 Å². The van der Waals surface area contributed by atoms with E-state index < -0.39 is 0 Å². The lowest BCUT2D eigenvalue weighted by Crippen LogP contribution is -2.16. The molecule has 6 heteroatoms. The number of benzene rings is 1. The molecule has 0 saturated carbocycles. The van der Waals surface area contributed by atoms with Gasteiger partial charge in [-0.15, -0.1) is 0 Å². The molecule has 26 heavy (non-hydrogen) atoms. The van der Waals surface area contributed by atoms with E-state index in [-0.39, 0.29) is 6.04 Å². The lowest BCUT2D eigenvalue weighted by Gasteiger charge is -2.15. The Morgan fingerprint density at radius 2 is 2.00 bits per heavy atom. The standard InChI is InChI=1S/C20H22ClN5/c1-4-14(3)23-20-25-18(15-6-5-9-22-12-15)11-19(26-20)24-16-7-8-17(21)13(2)10-16/h5-12,14H,4H2,1-3H3,(H2,23,24,25,26)/t14-/m0/s1. The molecule has 0 amide bonds. The molecule has 0 aliphatic rings. The third-order valence-electron chi connectivity index (χ3n) is 4.10. The molecule has 3 rings (SSSR count). The Morgan fingerprint density at radius 1 is 1.15 bits per heavy atom. The van der Waals surface area contributed by atoms with Gasteiger partial charge in [0.15, 0.2) is 0 Å². The van der Waals surface area contributed by atoms with Gasteiger partial charge in [0.05, 0.1) is 5.69 Å². The molecule has 134 valence electrons. The van der Waals surface area contributed by atoms with Crippen LogP contribution in [-0.2, 0) is 0 Å². The zero-order valence-electron chi connectivity index (χ0n) is 15.1. The van der Waals surface area contributed by atoms with Crippen LogP contribution in [0.15, 0.2) is 48.8 Å². The summed E-state index contributed by atoms with van der Waals surface area (Å²) in [5.41, 5.74) is 3.69. The summed E-state index contributed by atoms with van der Waals surface area (Å²) in [7, 11) is 0. The number of hydrogen-bond donors (Lipinski definition) is 2. The van der Waals surface area contributed by atoms with Crippen LogP contribution in [0.5, 0.6) is 0 Å². The van der Waals surface area contributed by atoms with Crippen LogP contribution in [0.3, 0.4) is 0 Å². The summed E-state index contributed by atoms with van der Waals surface area (Å²) in [5.74, 6) is 1.31. The van der Waals surface area contributed by atoms with Crippen LogP contribution >= 0.6 is 11.6 Å². The van der Waals surface area contributed by atoms with Gasteiger partial charge in [-0.25, -0.2) is 4.98 Å². The molecule has 2 heterocycles. The van der Waals surface area contributed by atoms with Gasteiger partial charge in [0, 0.05) is 40.8 Å². The first kappa shape index (κ1) is 18.1. The Kier molecular flexibility index (Phi) is 5.68. The molecule has 2 N–H and O–H groups in total. The van der Waals surface area contributed by atoms with Crippen LogP contribution < -0.4 is 10.6 Å². The van der Waals surface area contributed by atoms with Crippen molar-refractivity contribution in [1.82, 2.24) is 15.0 Å². The quantitative estimate of drug-likeness (QED) is 0.606. The van der Waals surface area contributed by atoms with Crippen LogP contribution in [0.25, 0.3) is 11.3 Å². The van der Waals surface area contributed by atoms with E-state index in [1.807, 2.05) is 43.3 Å². The Morgan fingerprint density at radius 3 is 2.69 bits per heavy atom. The van der Waals surface area contributed by atoms with E-state index in [0.717, 1.165) is 34.0 Å². The third kappa shape index (κ3) is 4.49. The molecular formula is C20H22ClN5. The summed E-state index contributed by atoms with van der Waals surface area (Å²) >= 11 is 6.12. The lowest BCUT2D eigenvalue weighted by atomic mass is 10.2. The van der Waals surface area contributed by atoms with E-state index in [0.29, 0.717) is 11.8 Å². The average molecular weight is 368 g/mol. The number of halogens is 1. The molecule has 0 unspecified atom stereocenters. The van der Waals surface area contributed by atoms with Gasteiger partial charge >= 0.3 is 0 Å². The molecule has 5 nitrogen and oxygen atoms in total. The fourth-order valence-corrected chi connectivity index (χ4v) is 2.55. The lowest BCUT2D eigenvalue weighted by molar-refractivity contribution is 0.753. The Bertz CT molecular complexity index is 883. The van der Waals surface area contributed by atoms with Crippen molar-refractivity contribution in [2.24, 2.45) is 0 Å². The second-order valence-electron chi connectivity index (χ2n) is 6.25. The van der Waals surface area contributed by atoms with Crippen molar-refractivity contribution in [3.63, 3.8) is 0 Å². The molecule has 1 atom stereocenters. The molecule has 0 aliphatic carbocycles. The van der Waals surface area contributed by atoms with Gasteiger partial charge in [-0.05, 0) is 56.2 Å². The first-order chi connectivity index (χ1) is 12.5. The first-order valence-corrected chi connectivity index (χ1v) is 9.02. The topological polar surface area (TPSA) is 62.7 Å². The number of aryl methyl sites for hydroxylation is 1. The highest BCUT2D eigenvalue weighted by molar-refractivity contribution is 6.31. The Hall–Kier alpha value is -2.66. The molecule has 1 aromatic carbocycles. The fraction of sp³-hybridized carbons (Fsp3) is 0.250. The summed E-state index contributed by atoms with van der Waals surface area (Å²) in [4.78, 5) is 13.4. The molecule has 2 aromatic heterocycles. The summed E-state index contributed by atoms with van der Waals surface area (Å²) in [6.45, 7) is 6.21. The van der Waals surface area contributed by atoms with Crippen LogP contribution in [0.2, 0.25) is 5.02 Å². The number of anilines is 3. The molecule has 0 aliphatic heterocycles. The van der Waals surface area contributed by atoms with Crippen LogP contribution in [0.1, 0.15) is 25.8 Å². The normalized spacial score (nSPS) is 11.8. The predicted octanol–water partition coefficient (Wildman–Crippen LogP) is 5.45. The minimum Gasteiger partial charge on any atom is -0.352 e. The van der Waals surface area contributed by atoms with E-state index >= 15 is 0 Å². The number of nitrogens with one attached hydrogen (secondary N) is 2. The molecule has 0 spiro atoms. The highest BCUT2D eigenvalue weighted by atomic mass is 35.5. The van der Waals surface area contributed by atoms with Gasteiger partial charge in [-0.3, -0.25) is 4.98 Å². The van der Waals surface area contributed by atoms with Crippen molar-refractivity contribution in [1.29, 1.82) is 0 Å². The maximum Gasteiger partial charge on any atom is 0.225 e. The monoisotopic (exact) mass is 367 g/mol. The molecule has 0 saturated heterocycles. The van der Waals surface area contributed by atoms with Gasteiger partial charge in [0.2, 0.25) is 5.95 Å². The van der Waals surface area contributed by atoms with Crippen LogP contribution in [0.4, 0.5) is 17.5 Å². The molecule has 0 radical (unpaired) electrons. The smallest absolute Gasteiger partial charge is 0.225 e. The maximum atomic E-state index is 6.12. The van der Waals surface area contributed by atoms with Gasteiger partial charge in [-0.2, -0.15) is 4.98 Å². The van der Waals surface area contributed by atoms with Crippen molar-refractivity contribution >= 4 is 29.1 Å². The maximum absolute atomic E-state index is 6.12. The Labute approximate surface area is 158 Å². The van der Waals surface area contributed by atoms with E-state index in [1.165, 1.54) is 0 Å². The summed E-state index contributed by atoms with van der Waals surface area (Å²) in [6.07, 6.45) is 4.53. The van der Waals surface area contributed by atoms with Gasteiger partial charge < -0.3 is 10.6 Å². The first-order valence-electron chi connectivity index (χ1n) is 8.64. The molecule has 0 fully saturated rings. The number of aromatic nitrogens is 3. The van der Waals surface area contributed by atoms with Crippen molar-refractivity contribution in [2.45, 2.75) is 33.2 Å². The van der Waals surface area contributed by atoms with Crippen molar-refractivity contribution in [3.05, 3.63) is 59.4 Å². The summed E-state index contributed by atoms with van der Waals surface area (Å²) in [6, 6.07) is 11.9. The number of pyridine rings is 1. The zero-order chi connectivity index (χ0) is 18.5. The molecule has 3 aromatic rings. The number of rotatable bonds is 6. The average Bonchev–Trinajstić information content (AvgIpc) is 2.65. The van der Waals surface area contributed by atoms with Crippen LogP contribution in [0, 0.1) is 6.92 Å². The van der Waals surface area contributed by atoms with Gasteiger partial charge in [-0.1, -0.05) is 18.5 Å². The highest BCUT2D eigenvalue weighted by Gasteiger charge is 2.09. The van der Waals surface area contributed by atoms with E-state index in [1.54, 1.807) is 12.4 Å². The van der Waals surface area contributed by atoms with Crippen molar-refractivity contribution in [3.8, 4) is 11.3 Å². The second-order valence-corrected chi connectivity index (χ2v) is 6.65. The fourth-order valence-electron chi connectivity index (χ4n) is 2.43. The summed E-state index contributed by atoms with van der Waals surface area (Å²) < 4.78 is 0. The minimum atomic E-state index is 0.282. The molecule has 0 bridgehead atoms. The van der Waals surface area contributed by atoms with Crippen molar-refractivity contribution < 1.29 is 0 Å². The Balaban J connectivity index is 1.97. The van der Waals surface area contributed by atoms with E-state index in [2.05, 4.69) is 39.4 Å². The third-order valence-corrected chi connectivity index (χ3v) is 4.53. The SMILES string of the molecule is CC[C@H](C)Nc1nc(Nc2ccc(Cl)c(C)c2)cc(-c2cccnc2)n1. The van der Waals surface area contributed by atoms with E-state index in [4.69, 9.17) is 11.6 Å². The zero-order valence-corrected chi connectivity index (χ0v) is 15.9. The second kappa shape index (κ2) is 8.15. The van der Waals surface area contributed by atoms with Crippen LogP contribution in [-0.4, -0.2) is 21.0 Å². The molecular weight excluding hydrogens is 346 g/mol. The predicted molar refractivity (Wildman–Crippen MR) is 108 cm³/mol. The highest BCUT2D eigenvalue weighted by Crippen LogP contribution is 2.25. The van der Waals surface area contributed by atoms with E-state index in [9.17, 15) is 0 Å². The number of hydrogen-bond acceptors (Lipinski definition) is 5. The van der Waals surface area contributed by atoms with Gasteiger partial charge in [0.25, 0.3) is 0 Å².